The Kier molecular flexibility index (Phi) is 3.54. The van der Waals surface area contributed by atoms with Crippen LogP contribution >= 0.6 is 0 Å². The van der Waals surface area contributed by atoms with Crippen LogP contribution in [0.4, 0.5) is 0 Å². The second kappa shape index (κ2) is 4.94. The number of hydrogen-bond acceptors (Lipinski definition) is 4. The highest BCUT2D eigenvalue weighted by atomic mass is 16.5. The van der Waals surface area contributed by atoms with Gasteiger partial charge >= 0.3 is 0 Å². The van der Waals surface area contributed by atoms with Gasteiger partial charge in [-0.05, 0) is 25.8 Å². The Labute approximate surface area is 101 Å². The van der Waals surface area contributed by atoms with Crippen molar-refractivity contribution in [2.45, 2.75) is 31.9 Å². The molecular formula is C13H19NO3. The van der Waals surface area contributed by atoms with Gasteiger partial charge in [-0.1, -0.05) is 6.07 Å². The summed E-state index contributed by atoms with van der Waals surface area (Å²) in [5.74, 6) is 0.201. The SMILES string of the molecule is CC1(CNCc2ccc(O)cc2O)CCCO1. The van der Waals surface area contributed by atoms with Gasteiger partial charge in [0, 0.05) is 31.3 Å². The van der Waals surface area contributed by atoms with Gasteiger partial charge < -0.3 is 20.3 Å². The molecule has 4 nitrogen and oxygen atoms in total. The molecule has 0 spiro atoms. The molecule has 3 N–H and O–H groups in total. The van der Waals surface area contributed by atoms with E-state index in [0.717, 1.165) is 31.6 Å². The highest BCUT2D eigenvalue weighted by Gasteiger charge is 2.28. The van der Waals surface area contributed by atoms with E-state index in [9.17, 15) is 10.2 Å². The molecular weight excluding hydrogens is 218 g/mol. The van der Waals surface area contributed by atoms with Gasteiger partial charge in [-0.2, -0.15) is 0 Å². The smallest absolute Gasteiger partial charge is 0.123 e. The normalized spacial score (nSPS) is 24.1. The molecule has 2 rings (SSSR count). The lowest BCUT2D eigenvalue weighted by molar-refractivity contribution is 0.0206. The maximum Gasteiger partial charge on any atom is 0.123 e. The van der Waals surface area contributed by atoms with Crippen molar-refractivity contribution in [3.8, 4) is 11.5 Å². The van der Waals surface area contributed by atoms with Crippen LogP contribution < -0.4 is 5.32 Å². The first-order valence-electron chi connectivity index (χ1n) is 5.95. The minimum atomic E-state index is -0.0768. The molecule has 0 saturated carbocycles. The summed E-state index contributed by atoms with van der Waals surface area (Å²) < 4.78 is 5.66. The minimum Gasteiger partial charge on any atom is -0.508 e. The summed E-state index contributed by atoms with van der Waals surface area (Å²) in [7, 11) is 0. The average Bonchev–Trinajstić information content (AvgIpc) is 2.69. The van der Waals surface area contributed by atoms with Crippen LogP contribution in [0.1, 0.15) is 25.3 Å². The molecule has 1 fully saturated rings. The number of rotatable bonds is 4. The molecule has 1 aliphatic rings. The number of aromatic hydroxyl groups is 2. The van der Waals surface area contributed by atoms with E-state index in [0.29, 0.717) is 6.54 Å². The monoisotopic (exact) mass is 237 g/mol. The first-order chi connectivity index (χ1) is 8.09. The van der Waals surface area contributed by atoms with Gasteiger partial charge in [-0.3, -0.25) is 0 Å². The Balaban J connectivity index is 1.85. The highest BCUT2D eigenvalue weighted by Crippen LogP contribution is 2.25. The Bertz CT molecular complexity index is 386. The van der Waals surface area contributed by atoms with Crippen molar-refractivity contribution < 1.29 is 14.9 Å². The third kappa shape index (κ3) is 3.11. The molecule has 1 atom stereocenters. The van der Waals surface area contributed by atoms with Crippen LogP contribution in [0.25, 0.3) is 0 Å². The fourth-order valence-electron chi connectivity index (χ4n) is 2.14. The van der Waals surface area contributed by atoms with Crippen LogP contribution in [-0.2, 0) is 11.3 Å². The van der Waals surface area contributed by atoms with Gasteiger partial charge in [-0.25, -0.2) is 0 Å². The third-order valence-corrected chi connectivity index (χ3v) is 3.18. The molecule has 0 aromatic heterocycles. The standard InChI is InChI=1S/C13H19NO3/c1-13(5-2-6-17-13)9-14-8-10-3-4-11(15)7-12(10)16/h3-4,7,14-16H,2,5-6,8-9H2,1H3. The molecule has 1 aliphatic heterocycles. The van der Waals surface area contributed by atoms with E-state index >= 15 is 0 Å². The Morgan fingerprint density at radius 3 is 2.88 bits per heavy atom. The molecule has 1 aromatic rings. The first kappa shape index (κ1) is 12.2. The van der Waals surface area contributed by atoms with E-state index in [1.54, 1.807) is 12.1 Å². The van der Waals surface area contributed by atoms with Crippen LogP contribution in [0, 0.1) is 0 Å². The Morgan fingerprint density at radius 1 is 1.41 bits per heavy atom. The molecule has 0 amide bonds. The predicted molar refractivity (Wildman–Crippen MR) is 65.1 cm³/mol. The van der Waals surface area contributed by atoms with Gasteiger partial charge in [0.25, 0.3) is 0 Å². The summed E-state index contributed by atoms with van der Waals surface area (Å²) in [6.07, 6.45) is 2.18. The van der Waals surface area contributed by atoms with Crippen molar-refractivity contribution in [3.05, 3.63) is 23.8 Å². The molecule has 1 heterocycles. The summed E-state index contributed by atoms with van der Waals surface area (Å²) in [6, 6.07) is 4.64. The first-order valence-corrected chi connectivity index (χ1v) is 5.95. The topological polar surface area (TPSA) is 61.7 Å². The van der Waals surface area contributed by atoms with Crippen LogP contribution in [0.3, 0.4) is 0 Å². The van der Waals surface area contributed by atoms with Crippen molar-refractivity contribution in [1.29, 1.82) is 0 Å². The second-order valence-corrected chi connectivity index (χ2v) is 4.82. The van der Waals surface area contributed by atoms with Crippen LogP contribution in [0.2, 0.25) is 0 Å². The summed E-state index contributed by atoms with van der Waals surface area (Å²) in [5, 5.41) is 22.1. The summed E-state index contributed by atoms with van der Waals surface area (Å²) in [5.41, 5.74) is 0.705. The maximum atomic E-state index is 9.62. The Morgan fingerprint density at radius 2 is 2.24 bits per heavy atom. The van der Waals surface area contributed by atoms with E-state index < -0.39 is 0 Å². The molecule has 0 bridgehead atoms. The molecule has 4 heteroatoms. The zero-order valence-corrected chi connectivity index (χ0v) is 10.1. The van der Waals surface area contributed by atoms with Crippen molar-refractivity contribution in [2.75, 3.05) is 13.2 Å². The van der Waals surface area contributed by atoms with Crippen molar-refractivity contribution >= 4 is 0 Å². The molecule has 17 heavy (non-hydrogen) atoms. The molecule has 1 aromatic carbocycles. The number of phenolic OH excluding ortho intramolecular Hbond substituents is 2. The number of nitrogens with one attached hydrogen (secondary N) is 1. The maximum absolute atomic E-state index is 9.62. The lowest BCUT2D eigenvalue weighted by Crippen LogP contribution is -2.36. The predicted octanol–water partition coefficient (Wildman–Crippen LogP) is 1.76. The summed E-state index contributed by atoms with van der Waals surface area (Å²) >= 11 is 0. The van der Waals surface area contributed by atoms with Crippen molar-refractivity contribution in [2.24, 2.45) is 0 Å². The fraction of sp³-hybridized carbons (Fsp3) is 0.538. The Hall–Kier alpha value is -1.26. The van der Waals surface area contributed by atoms with E-state index in [1.165, 1.54) is 6.07 Å². The third-order valence-electron chi connectivity index (χ3n) is 3.18. The average molecular weight is 237 g/mol. The highest BCUT2D eigenvalue weighted by molar-refractivity contribution is 5.38. The van der Waals surface area contributed by atoms with E-state index in [2.05, 4.69) is 12.2 Å². The van der Waals surface area contributed by atoms with Gasteiger partial charge in [0.15, 0.2) is 0 Å². The number of ether oxygens (including phenoxy) is 1. The fourth-order valence-corrected chi connectivity index (χ4v) is 2.14. The van der Waals surface area contributed by atoms with Crippen LogP contribution in [0.15, 0.2) is 18.2 Å². The summed E-state index contributed by atoms with van der Waals surface area (Å²) in [6.45, 7) is 4.28. The molecule has 0 radical (unpaired) electrons. The van der Waals surface area contributed by atoms with Gasteiger partial charge in [-0.15, -0.1) is 0 Å². The second-order valence-electron chi connectivity index (χ2n) is 4.82. The van der Waals surface area contributed by atoms with Crippen LogP contribution in [0.5, 0.6) is 11.5 Å². The van der Waals surface area contributed by atoms with E-state index in [1.807, 2.05) is 0 Å². The van der Waals surface area contributed by atoms with Crippen molar-refractivity contribution in [1.82, 2.24) is 5.32 Å². The zero-order chi connectivity index (χ0) is 12.3. The van der Waals surface area contributed by atoms with Crippen molar-refractivity contribution in [3.63, 3.8) is 0 Å². The van der Waals surface area contributed by atoms with E-state index in [-0.39, 0.29) is 17.1 Å². The molecule has 0 aliphatic carbocycles. The lowest BCUT2D eigenvalue weighted by Gasteiger charge is -2.23. The van der Waals surface area contributed by atoms with Crippen LogP contribution in [-0.4, -0.2) is 29.0 Å². The quantitative estimate of drug-likeness (QED) is 0.746. The summed E-state index contributed by atoms with van der Waals surface area (Å²) in [4.78, 5) is 0. The van der Waals surface area contributed by atoms with Gasteiger partial charge in [0.05, 0.1) is 5.60 Å². The zero-order valence-electron chi connectivity index (χ0n) is 10.1. The minimum absolute atomic E-state index is 0.0768. The number of hydrogen-bond donors (Lipinski definition) is 3. The largest absolute Gasteiger partial charge is 0.508 e. The number of phenols is 2. The van der Waals surface area contributed by atoms with Gasteiger partial charge in [0.1, 0.15) is 11.5 Å². The number of benzene rings is 1. The lowest BCUT2D eigenvalue weighted by atomic mass is 10.0. The molecule has 1 saturated heterocycles. The molecule has 94 valence electrons. The van der Waals surface area contributed by atoms with Gasteiger partial charge in [0.2, 0.25) is 0 Å². The molecule has 1 unspecified atom stereocenters. The van der Waals surface area contributed by atoms with E-state index in [4.69, 9.17) is 4.74 Å².